The van der Waals surface area contributed by atoms with E-state index >= 15 is 0 Å². The molecule has 4 nitrogen and oxygen atoms in total. The van der Waals surface area contributed by atoms with E-state index in [1.165, 1.54) is 30.4 Å². The highest BCUT2D eigenvalue weighted by Gasteiger charge is 2.68. The van der Waals surface area contributed by atoms with Gasteiger partial charge in [0.15, 0.2) is 0 Å². The summed E-state index contributed by atoms with van der Waals surface area (Å²) >= 11 is 0. The zero-order chi connectivity index (χ0) is 30.6. The fourth-order valence-corrected chi connectivity index (χ4v) is 10.1. The van der Waals surface area contributed by atoms with Crippen LogP contribution >= 0.6 is 0 Å². The number of rotatable bonds is 7. The van der Waals surface area contributed by atoms with Gasteiger partial charge >= 0.3 is 0 Å². The van der Waals surface area contributed by atoms with Crippen molar-refractivity contribution in [2.24, 2.45) is 16.7 Å². The Balaban J connectivity index is 1.41. The Labute approximate surface area is 260 Å². The van der Waals surface area contributed by atoms with Crippen molar-refractivity contribution >= 4 is 0 Å². The van der Waals surface area contributed by atoms with Crippen molar-refractivity contribution in [3.05, 3.63) is 108 Å². The van der Waals surface area contributed by atoms with E-state index in [0.717, 1.165) is 41.5 Å². The summed E-state index contributed by atoms with van der Waals surface area (Å²) in [6.07, 6.45) is 10.8. The minimum atomic E-state index is -0.00277. The molecule has 0 aromatic heterocycles. The molecule has 2 atom stereocenters. The summed E-state index contributed by atoms with van der Waals surface area (Å²) in [7, 11) is 0. The zero-order valence-electron chi connectivity index (χ0n) is 25.8. The standard InChI is InChI=1S/C40H38N2O2/c1-28(2)38-20-37(3)21-39(23-38,31-14-16-35(43-26-41)33(18-31)29-10-6-4-7-11-29)25-40(22-37,24-38)32-15-17-36(44-27-42)34(19-32)30-12-8-5-9-13-30/h4-19,28H,20-25H2,1-3H3. The molecule has 4 heteroatoms. The molecule has 0 radical (unpaired) electrons. The summed E-state index contributed by atoms with van der Waals surface area (Å²) in [5, 5.41) is 18.9. The van der Waals surface area contributed by atoms with Gasteiger partial charge in [0, 0.05) is 11.1 Å². The van der Waals surface area contributed by atoms with Gasteiger partial charge < -0.3 is 9.47 Å². The molecule has 2 unspecified atom stereocenters. The van der Waals surface area contributed by atoms with Gasteiger partial charge in [-0.3, -0.25) is 0 Å². The second-order valence-corrected chi connectivity index (χ2v) is 14.5. The molecule has 44 heavy (non-hydrogen) atoms. The molecule has 4 aliphatic carbocycles. The van der Waals surface area contributed by atoms with E-state index in [1.807, 2.05) is 61.0 Å². The summed E-state index contributed by atoms with van der Waals surface area (Å²) < 4.78 is 11.0. The molecule has 0 spiro atoms. The van der Waals surface area contributed by atoms with Crippen LogP contribution in [0.2, 0.25) is 0 Å². The lowest BCUT2D eigenvalue weighted by Gasteiger charge is -2.72. The van der Waals surface area contributed by atoms with E-state index in [1.54, 1.807) is 0 Å². The Bertz CT molecular complexity index is 1680. The third-order valence-corrected chi connectivity index (χ3v) is 11.3. The average molecular weight is 579 g/mol. The van der Waals surface area contributed by atoms with Crippen molar-refractivity contribution in [1.29, 1.82) is 10.5 Å². The number of hydrogen-bond donors (Lipinski definition) is 0. The van der Waals surface area contributed by atoms with Gasteiger partial charge in [-0.05, 0) is 113 Å². The normalized spacial score (nSPS) is 28.3. The molecule has 4 aromatic rings. The van der Waals surface area contributed by atoms with E-state index in [-0.39, 0.29) is 21.7 Å². The van der Waals surface area contributed by atoms with E-state index in [4.69, 9.17) is 9.47 Å². The van der Waals surface area contributed by atoms with Crippen LogP contribution in [0.25, 0.3) is 22.3 Å². The minimum Gasteiger partial charge on any atom is -0.387 e. The average Bonchev–Trinajstić information content (AvgIpc) is 3.01. The lowest BCUT2D eigenvalue weighted by Crippen LogP contribution is -2.64. The Hall–Kier alpha value is -4.54. The quantitative estimate of drug-likeness (QED) is 0.205. The molecule has 0 saturated heterocycles. The smallest absolute Gasteiger partial charge is 0.292 e. The van der Waals surface area contributed by atoms with Crippen LogP contribution in [0, 0.1) is 39.8 Å². The predicted octanol–water partition coefficient (Wildman–Crippen LogP) is 9.95. The number of ether oxygens (including phenoxy) is 2. The third kappa shape index (κ3) is 4.48. The highest BCUT2D eigenvalue weighted by atomic mass is 16.5. The summed E-state index contributed by atoms with van der Waals surface area (Å²) in [4.78, 5) is 0. The van der Waals surface area contributed by atoms with Crippen LogP contribution in [0.5, 0.6) is 11.5 Å². The first-order chi connectivity index (χ1) is 21.2. The van der Waals surface area contributed by atoms with Gasteiger partial charge in [0.05, 0.1) is 0 Å². The van der Waals surface area contributed by atoms with Crippen LogP contribution in [0.15, 0.2) is 97.1 Å². The van der Waals surface area contributed by atoms with Crippen molar-refractivity contribution in [1.82, 2.24) is 0 Å². The molecule has 8 rings (SSSR count). The maximum absolute atomic E-state index is 9.44. The van der Waals surface area contributed by atoms with Gasteiger partial charge in [0.25, 0.3) is 12.5 Å². The fraction of sp³-hybridized carbons (Fsp3) is 0.350. The molecule has 0 N–H and O–H groups in total. The largest absolute Gasteiger partial charge is 0.387 e. The number of nitrogens with zero attached hydrogens (tertiary/aromatic N) is 2. The predicted molar refractivity (Wildman–Crippen MR) is 173 cm³/mol. The molecular formula is C40H38N2O2. The second-order valence-electron chi connectivity index (χ2n) is 14.5. The molecule has 4 saturated carbocycles. The lowest BCUT2D eigenvalue weighted by atomic mass is 9.32. The van der Waals surface area contributed by atoms with Gasteiger partial charge in [0.2, 0.25) is 0 Å². The molecule has 4 fully saturated rings. The van der Waals surface area contributed by atoms with E-state index in [2.05, 4.69) is 69.3 Å². The molecule has 0 amide bonds. The fourth-order valence-electron chi connectivity index (χ4n) is 10.1. The van der Waals surface area contributed by atoms with Crippen molar-refractivity contribution in [2.45, 2.75) is 70.1 Å². The SMILES string of the molecule is CC(C)C12CC3(C)CC(c4ccc(OC#N)c(-c5ccccc5)c4)(CC(c4ccc(OC#N)c(-c5ccccc5)c4)(C3)C1)C2. The van der Waals surface area contributed by atoms with Crippen molar-refractivity contribution in [3.8, 4) is 46.3 Å². The first-order valence-electron chi connectivity index (χ1n) is 15.7. The monoisotopic (exact) mass is 578 g/mol. The van der Waals surface area contributed by atoms with Crippen LogP contribution in [-0.2, 0) is 10.8 Å². The van der Waals surface area contributed by atoms with Gasteiger partial charge in [-0.1, -0.05) is 93.6 Å². The van der Waals surface area contributed by atoms with Crippen LogP contribution in [0.3, 0.4) is 0 Å². The second kappa shape index (κ2) is 10.3. The third-order valence-electron chi connectivity index (χ3n) is 11.3. The van der Waals surface area contributed by atoms with Crippen molar-refractivity contribution < 1.29 is 9.47 Å². The molecule has 0 heterocycles. The first-order valence-corrected chi connectivity index (χ1v) is 15.7. The Morgan fingerprint density at radius 3 is 1.45 bits per heavy atom. The summed E-state index contributed by atoms with van der Waals surface area (Å²) in [5.41, 5.74) is 7.19. The Kier molecular flexibility index (Phi) is 6.60. The van der Waals surface area contributed by atoms with Crippen LogP contribution in [-0.4, -0.2) is 0 Å². The Morgan fingerprint density at radius 1 is 0.591 bits per heavy atom. The number of benzene rings is 4. The van der Waals surface area contributed by atoms with Gasteiger partial charge in [-0.2, -0.15) is 0 Å². The van der Waals surface area contributed by atoms with Gasteiger partial charge in [-0.15, -0.1) is 10.5 Å². The first kappa shape index (κ1) is 28.2. The zero-order valence-corrected chi connectivity index (χ0v) is 25.8. The van der Waals surface area contributed by atoms with Crippen LogP contribution < -0.4 is 9.47 Å². The maximum Gasteiger partial charge on any atom is 0.292 e. The van der Waals surface area contributed by atoms with Crippen LogP contribution in [0.1, 0.15) is 70.4 Å². The Morgan fingerprint density at radius 2 is 1.05 bits per heavy atom. The van der Waals surface area contributed by atoms with E-state index in [9.17, 15) is 10.5 Å². The van der Waals surface area contributed by atoms with Gasteiger partial charge in [0.1, 0.15) is 11.5 Å². The minimum absolute atomic E-state index is 0.00277. The number of nitriles is 2. The van der Waals surface area contributed by atoms with Crippen molar-refractivity contribution in [3.63, 3.8) is 0 Å². The van der Waals surface area contributed by atoms with Crippen LogP contribution in [0.4, 0.5) is 0 Å². The van der Waals surface area contributed by atoms with Crippen molar-refractivity contribution in [2.75, 3.05) is 0 Å². The maximum atomic E-state index is 9.44. The van der Waals surface area contributed by atoms with Gasteiger partial charge in [-0.25, -0.2) is 0 Å². The molecule has 4 aromatic carbocycles. The number of hydrogen-bond acceptors (Lipinski definition) is 4. The van der Waals surface area contributed by atoms with E-state index < -0.39 is 0 Å². The summed E-state index contributed by atoms with van der Waals surface area (Å²) in [6.45, 7) is 7.38. The summed E-state index contributed by atoms with van der Waals surface area (Å²) in [5.74, 6) is 1.76. The van der Waals surface area contributed by atoms with E-state index in [0.29, 0.717) is 17.4 Å². The highest BCUT2D eigenvalue weighted by Crippen LogP contribution is 2.76. The molecule has 4 bridgehead atoms. The molecule has 0 aliphatic heterocycles. The molecule has 220 valence electrons. The lowest BCUT2D eigenvalue weighted by molar-refractivity contribution is -0.153. The topological polar surface area (TPSA) is 66.0 Å². The molecular weight excluding hydrogens is 540 g/mol. The molecule has 4 aliphatic rings. The highest BCUT2D eigenvalue weighted by molar-refractivity contribution is 5.73. The summed E-state index contributed by atoms with van der Waals surface area (Å²) in [6, 6.07) is 33.7.